The molecule has 0 unspecified atom stereocenters. The molecule has 0 radical (unpaired) electrons. The molecule has 88 valence electrons. The van der Waals surface area contributed by atoms with E-state index in [1.807, 2.05) is 12.4 Å². The lowest BCUT2D eigenvalue weighted by Crippen LogP contribution is -2.18. The molecule has 0 saturated carbocycles. The van der Waals surface area contributed by atoms with Crippen LogP contribution in [-0.4, -0.2) is 23.3 Å². The van der Waals surface area contributed by atoms with Crippen LogP contribution in [0.2, 0.25) is 0 Å². The molecule has 1 aliphatic heterocycles. The van der Waals surface area contributed by atoms with Crippen LogP contribution >= 0.6 is 0 Å². The Morgan fingerprint density at radius 3 is 2.76 bits per heavy atom. The van der Waals surface area contributed by atoms with Crippen LogP contribution in [0.1, 0.15) is 18.4 Å². The van der Waals surface area contributed by atoms with Crippen molar-refractivity contribution in [2.75, 3.05) is 18.0 Å². The third kappa shape index (κ3) is 1.93. The van der Waals surface area contributed by atoms with Crippen molar-refractivity contribution < 1.29 is 0 Å². The van der Waals surface area contributed by atoms with Gasteiger partial charge in [-0.25, -0.2) is 0 Å². The molecule has 1 aliphatic rings. The summed E-state index contributed by atoms with van der Waals surface area (Å²) in [7, 11) is 0. The van der Waals surface area contributed by atoms with Gasteiger partial charge >= 0.3 is 0 Å². The number of benzene rings is 1. The highest BCUT2D eigenvalue weighted by Gasteiger charge is 2.16. The smallest absolute Gasteiger partial charge is 0.0566 e. The highest BCUT2D eigenvalue weighted by molar-refractivity contribution is 5.78. The number of hydrogen-bond acceptors (Lipinski definition) is 2. The summed E-state index contributed by atoms with van der Waals surface area (Å²) in [4.78, 5) is 2.47. The van der Waals surface area contributed by atoms with Gasteiger partial charge in [0.2, 0.25) is 0 Å². The van der Waals surface area contributed by atoms with Gasteiger partial charge in [0, 0.05) is 36.1 Å². The monoisotopic (exact) mass is 227 g/mol. The topological polar surface area (TPSA) is 31.9 Å². The second-order valence-corrected chi connectivity index (χ2v) is 4.70. The van der Waals surface area contributed by atoms with E-state index in [1.165, 1.54) is 48.3 Å². The van der Waals surface area contributed by atoms with E-state index in [4.69, 9.17) is 0 Å². The van der Waals surface area contributed by atoms with E-state index in [2.05, 4.69) is 40.2 Å². The van der Waals surface area contributed by atoms with Crippen LogP contribution in [0.25, 0.3) is 11.1 Å². The van der Waals surface area contributed by atoms with Crippen molar-refractivity contribution in [2.24, 2.45) is 0 Å². The summed E-state index contributed by atoms with van der Waals surface area (Å²) in [6, 6.07) is 6.68. The fourth-order valence-corrected chi connectivity index (χ4v) is 2.51. The molecular formula is C14H17N3. The molecule has 2 heterocycles. The van der Waals surface area contributed by atoms with Crippen molar-refractivity contribution in [3.63, 3.8) is 0 Å². The van der Waals surface area contributed by atoms with Gasteiger partial charge in [0.25, 0.3) is 0 Å². The van der Waals surface area contributed by atoms with E-state index >= 15 is 0 Å². The Morgan fingerprint density at radius 1 is 1.24 bits per heavy atom. The minimum absolute atomic E-state index is 1.17. The number of nitrogens with one attached hydrogen (secondary N) is 1. The molecule has 0 atom stereocenters. The van der Waals surface area contributed by atoms with Gasteiger partial charge in [0.05, 0.1) is 6.20 Å². The number of H-pyrrole nitrogens is 1. The maximum atomic E-state index is 4.05. The maximum Gasteiger partial charge on any atom is 0.0566 e. The van der Waals surface area contributed by atoms with Gasteiger partial charge < -0.3 is 4.90 Å². The zero-order valence-electron chi connectivity index (χ0n) is 10.1. The fourth-order valence-electron chi connectivity index (χ4n) is 2.51. The van der Waals surface area contributed by atoms with Crippen molar-refractivity contribution in [3.05, 3.63) is 36.2 Å². The predicted molar refractivity (Wildman–Crippen MR) is 70.2 cm³/mol. The predicted octanol–water partition coefficient (Wildman–Crippen LogP) is 2.99. The Hall–Kier alpha value is -1.77. The maximum absolute atomic E-state index is 4.05. The van der Waals surface area contributed by atoms with E-state index in [-0.39, 0.29) is 0 Å². The average molecular weight is 227 g/mol. The minimum Gasteiger partial charge on any atom is -0.371 e. The van der Waals surface area contributed by atoms with E-state index < -0.39 is 0 Å². The van der Waals surface area contributed by atoms with Crippen molar-refractivity contribution in [1.82, 2.24) is 10.2 Å². The zero-order chi connectivity index (χ0) is 11.7. The Morgan fingerprint density at radius 2 is 2.06 bits per heavy atom. The Bertz CT molecular complexity index is 496. The standard InChI is InChI=1S/C14H17N3/c1-11-4-5-14(17-6-2-3-7-17)13(8-11)12-9-15-16-10-12/h4-5,8-10H,2-3,6-7H2,1H3,(H,15,16). The van der Waals surface area contributed by atoms with E-state index in [9.17, 15) is 0 Å². The van der Waals surface area contributed by atoms with Crippen LogP contribution in [0, 0.1) is 6.92 Å². The second kappa shape index (κ2) is 4.24. The molecule has 0 amide bonds. The number of nitrogens with zero attached hydrogens (tertiary/aromatic N) is 2. The number of aromatic amines is 1. The number of aryl methyl sites for hydroxylation is 1. The van der Waals surface area contributed by atoms with Gasteiger partial charge in [-0.3, -0.25) is 5.10 Å². The summed E-state index contributed by atoms with van der Waals surface area (Å²) in [6.07, 6.45) is 6.47. The van der Waals surface area contributed by atoms with Crippen LogP contribution in [0.3, 0.4) is 0 Å². The Labute approximate surface area is 101 Å². The van der Waals surface area contributed by atoms with Crippen LogP contribution in [0.15, 0.2) is 30.6 Å². The molecule has 3 heteroatoms. The molecule has 0 spiro atoms. The van der Waals surface area contributed by atoms with Gasteiger partial charge in [0.1, 0.15) is 0 Å². The molecule has 3 rings (SSSR count). The first-order valence-corrected chi connectivity index (χ1v) is 6.19. The molecule has 0 aliphatic carbocycles. The van der Waals surface area contributed by atoms with Crippen molar-refractivity contribution >= 4 is 5.69 Å². The molecule has 17 heavy (non-hydrogen) atoms. The summed E-state index contributed by atoms with van der Waals surface area (Å²) < 4.78 is 0. The number of aromatic nitrogens is 2. The molecular weight excluding hydrogens is 210 g/mol. The largest absolute Gasteiger partial charge is 0.371 e. The van der Waals surface area contributed by atoms with Crippen LogP contribution in [0.4, 0.5) is 5.69 Å². The van der Waals surface area contributed by atoms with Crippen LogP contribution in [-0.2, 0) is 0 Å². The molecule has 2 aromatic rings. The average Bonchev–Trinajstić information content (AvgIpc) is 3.02. The van der Waals surface area contributed by atoms with E-state index in [0.717, 1.165) is 0 Å². The molecule has 1 N–H and O–H groups in total. The van der Waals surface area contributed by atoms with Crippen molar-refractivity contribution in [3.8, 4) is 11.1 Å². The van der Waals surface area contributed by atoms with Crippen LogP contribution < -0.4 is 4.90 Å². The summed E-state index contributed by atoms with van der Waals surface area (Å²) in [5.74, 6) is 0. The van der Waals surface area contributed by atoms with Crippen molar-refractivity contribution in [2.45, 2.75) is 19.8 Å². The number of rotatable bonds is 2. The highest BCUT2D eigenvalue weighted by Crippen LogP contribution is 2.33. The first-order valence-electron chi connectivity index (χ1n) is 6.19. The SMILES string of the molecule is Cc1ccc(N2CCCC2)c(-c2cn[nH]c2)c1. The lowest BCUT2D eigenvalue weighted by Gasteiger charge is -2.21. The van der Waals surface area contributed by atoms with Gasteiger partial charge in [-0.15, -0.1) is 0 Å². The Kier molecular flexibility index (Phi) is 2.59. The lowest BCUT2D eigenvalue weighted by atomic mass is 10.0. The molecule has 1 fully saturated rings. The third-order valence-corrected chi connectivity index (χ3v) is 3.41. The first kappa shape index (κ1) is 10.4. The first-order chi connectivity index (χ1) is 8.34. The summed E-state index contributed by atoms with van der Waals surface area (Å²) in [6.45, 7) is 4.49. The Balaban J connectivity index is 2.08. The fraction of sp³-hybridized carbons (Fsp3) is 0.357. The number of hydrogen-bond donors (Lipinski definition) is 1. The van der Waals surface area contributed by atoms with Gasteiger partial charge in [-0.2, -0.15) is 5.10 Å². The highest BCUT2D eigenvalue weighted by atomic mass is 15.1. The quantitative estimate of drug-likeness (QED) is 0.855. The minimum atomic E-state index is 1.17. The van der Waals surface area contributed by atoms with Gasteiger partial charge in [-0.1, -0.05) is 11.6 Å². The normalized spacial score (nSPS) is 15.5. The molecule has 1 aromatic carbocycles. The summed E-state index contributed by atoms with van der Waals surface area (Å²) in [5.41, 5.74) is 5.11. The van der Waals surface area contributed by atoms with Gasteiger partial charge in [0.15, 0.2) is 0 Å². The zero-order valence-corrected chi connectivity index (χ0v) is 10.1. The summed E-state index contributed by atoms with van der Waals surface area (Å²) >= 11 is 0. The van der Waals surface area contributed by atoms with E-state index in [0.29, 0.717) is 0 Å². The van der Waals surface area contributed by atoms with E-state index in [1.54, 1.807) is 0 Å². The summed E-state index contributed by atoms with van der Waals surface area (Å²) in [5, 5.41) is 6.95. The number of anilines is 1. The second-order valence-electron chi connectivity index (χ2n) is 4.70. The molecule has 3 nitrogen and oxygen atoms in total. The molecule has 1 aromatic heterocycles. The molecule has 0 bridgehead atoms. The molecule has 1 saturated heterocycles. The van der Waals surface area contributed by atoms with Gasteiger partial charge in [-0.05, 0) is 31.9 Å². The lowest BCUT2D eigenvalue weighted by molar-refractivity contribution is 0.949. The third-order valence-electron chi connectivity index (χ3n) is 3.41. The van der Waals surface area contributed by atoms with Crippen LogP contribution in [0.5, 0.6) is 0 Å². The van der Waals surface area contributed by atoms with Crippen molar-refractivity contribution in [1.29, 1.82) is 0 Å².